The molecule has 0 radical (unpaired) electrons. The summed E-state index contributed by atoms with van der Waals surface area (Å²) in [5, 5.41) is 20.7. The number of H-pyrrole nitrogens is 1. The van der Waals surface area contributed by atoms with Gasteiger partial charge in [-0.05, 0) is 48.2 Å². The van der Waals surface area contributed by atoms with Crippen molar-refractivity contribution in [2.75, 3.05) is 11.4 Å². The predicted molar refractivity (Wildman–Crippen MR) is 94.3 cm³/mol. The Labute approximate surface area is 146 Å². The fourth-order valence-corrected chi connectivity index (χ4v) is 3.69. The largest absolute Gasteiger partial charge is 0.505 e. The standard InChI is InChI=1S/C16H15BrClN3O2/c1-8-4-2-3-5-21(8)14-9-6-11(18)12(17)15(22)13(9)20-16(23)10(14)7-19/h6,8,22H,2-5H2,1H3,(H,20,23)/t8-/m0/s1. The Bertz CT molecular complexity index is 888. The van der Waals surface area contributed by atoms with Crippen LogP contribution in [0.15, 0.2) is 15.3 Å². The van der Waals surface area contributed by atoms with Crippen LogP contribution in [-0.2, 0) is 0 Å². The van der Waals surface area contributed by atoms with Crippen molar-refractivity contribution in [1.82, 2.24) is 4.98 Å². The highest BCUT2D eigenvalue weighted by Crippen LogP contribution is 2.42. The summed E-state index contributed by atoms with van der Waals surface area (Å²) in [7, 11) is 0. The zero-order chi connectivity index (χ0) is 16.7. The van der Waals surface area contributed by atoms with Gasteiger partial charge in [0.1, 0.15) is 11.6 Å². The van der Waals surface area contributed by atoms with E-state index >= 15 is 0 Å². The number of phenols is 1. The lowest BCUT2D eigenvalue weighted by molar-refractivity contribution is 0.476. The van der Waals surface area contributed by atoms with E-state index in [-0.39, 0.29) is 22.9 Å². The summed E-state index contributed by atoms with van der Waals surface area (Å²) in [6.07, 6.45) is 3.12. The molecule has 120 valence electrons. The highest BCUT2D eigenvalue weighted by atomic mass is 79.9. The van der Waals surface area contributed by atoms with Gasteiger partial charge in [-0.3, -0.25) is 4.79 Å². The Morgan fingerprint density at radius 2 is 2.26 bits per heavy atom. The van der Waals surface area contributed by atoms with Crippen molar-refractivity contribution in [3.63, 3.8) is 0 Å². The van der Waals surface area contributed by atoms with Crippen LogP contribution in [0.4, 0.5) is 5.69 Å². The molecular formula is C16H15BrClN3O2. The average Bonchev–Trinajstić information content (AvgIpc) is 2.53. The lowest BCUT2D eigenvalue weighted by atomic mass is 9.99. The highest BCUT2D eigenvalue weighted by molar-refractivity contribution is 9.10. The molecule has 5 nitrogen and oxygen atoms in total. The highest BCUT2D eigenvalue weighted by Gasteiger charge is 2.26. The molecule has 0 bridgehead atoms. The maximum atomic E-state index is 12.3. The minimum absolute atomic E-state index is 0.0593. The Morgan fingerprint density at radius 1 is 1.52 bits per heavy atom. The third-order valence-electron chi connectivity index (χ3n) is 4.35. The van der Waals surface area contributed by atoms with Crippen LogP contribution in [0.3, 0.4) is 0 Å². The van der Waals surface area contributed by atoms with E-state index in [1.54, 1.807) is 6.07 Å². The summed E-state index contributed by atoms with van der Waals surface area (Å²) in [4.78, 5) is 17.0. The molecule has 0 spiro atoms. The van der Waals surface area contributed by atoms with E-state index in [4.69, 9.17) is 11.6 Å². The van der Waals surface area contributed by atoms with Crippen LogP contribution in [-0.4, -0.2) is 22.7 Å². The number of phenolic OH excluding ortho intramolecular Hbond substituents is 1. The van der Waals surface area contributed by atoms with E-state index in [1.807, 2.05) is 6.07 Å². The van der Waals surface area contributed by atoms with Gasteiger partial charge in [0.05, 0.1) is 20.7 Å². The number of pyridine rings is 1. The molecule has 1 aliphatic heterocycles. The van der Waals surface area contributed by atoms with Gasteiger partial charge >= 0.3 is 0 Å². The van der Waals surface area contributed by atoms with Crippen molar-refractivity contribution in [3.05, 3.63) is 31.5 Å². The van der Waals surface area contributed by atoms with Crippen molar-refractivity contribution >= 4 is 44.1 Å². The van der Waals surface area contributed by atoms with Crippen LogP contribution in [0.1, 0.15) is 31.7 Å². The fraction of sp³-hybridized carbons (Fsp3) is 0.375. The lowest BCUT2D eigenvalue weighted by Crippen LogP contribution is -2.39. The van der Waals surface area contributed by atoms with Gasteiger partial charge in [0.2, 0.25) is 0 Å². The third-order valence-corrected chi connectivity index (χ3v) is 5.68. The second kappa shape index (κ2) is 6.06. The molecule has 2 N–H and O–H groups in total. The molecule has 1 atom stereocenters. The molecule has 0 saturated carbocycles. The molecule has 0 unspecified atom stereocenters. The zero-order valence-electron chi connectivity index (χ0n) is 12.5. The maximum Gasteiger partial charge on any atom is 0.268 e. The predicted octanol–water partition coefficient (Wildman–Crippen LogP) is 3.90. The summed E-state index contributed by atoms with van der Waals surface area (Å²) in [6.45, 7) is 2.84. The number of nitriles is 1. The minimum Gasteiger partial charge on any atom is -0.505 e. The summed E-state index contributed by atoms with van der Waals surface area (Å²) < 4.78 is 0.324. The SMILES string of the molecule is C[C@H]1CCCCN1c1c(C#N)c(=O)[nH]c2c(O)c(Br)c(Cl)cc12. The van der Waals surface area contributed by atoms with E-state index in [2.05, 4.69) is 32.7 Å². The van der Waals surface area contributed by atoms with Crippen molar-refractivity contribution in [3.8, 4) is 11.8 Å². The fourth-order valence-electron chi connectivity index (χ4n) is 3.18. The molecule has 1 fully saturated rings. The van der Waals surface area contributed by atoms with Crippen LogP contribution in [0, 0.1) is 11.3 Å². The van der Waals surface area contributed by atoms with E-state index in [0.717, 1.165) is 25.8 Å². The number of halogens is 2. The normalized spacial score (nSPS) is 18.2. The molecule has 0 aliphatic carbocycles. The van der Waals surface area contributed by atoms with Gasteiger partial charge < -0.3 is 15.0 Å². The number of hydrogen-bond acceptors (Lipinski definition) is 4. The van der Waals surface area contributed by atoms with Gasteiger partial charge in [0.25, 0.3) is 5.56 Å². The third kappa shape index (κ3) is 2.58. The molecular weight excluding hydrogens is 382 g/mol. The second-order valence-corrected chi connectivity index (χ2v) is 6.97. The number of rotatable bonds is 1. The Morgan fingerprint density at radius 3 is 2.91 bits per heavy atom. The van der Waals surface area contributed by atoms with Crippen molar-refractivity contribution in [2.45, 2.75) is 32.2 Å². The van der Waals surface area contributed by atoms with Crippen molar-refractivity contribution in [1.29, 1.82) is 5.26 Å². The van der Waals surface area contributed by atoms with Gasteiger partial charge in [-0.1, -0.05) is 11.6 Å². The number of hydrogen-bond donors (Lipinski definition) is 2. The smallest absolute Gasteiger partial charge is 0.268 e. The molecule has 2 aromatic rings. The van der Waals surface area contributed by atoms with E-state index < -0.39 is 5.56 Å². The molecule has 23 heavy (non-hydrogen) atoms. The number of nitrogens with zero attached hydrogens (tertiary/aromatic N) is 2. The first-order valence-electron chi connectivity index (χ1n) is 7.39. The van der Waals surface area contributed by atoms with Gasteiger partial charge in [0.15, 0.2) is 5.75 Å². The molecule has 1 aromatic carbocycles. The Hall–Kier alpha value is -1.71. The first-order chi connectivity index (χ1) is 11.0. The molecule has 1 aliphatic rings. The minimum atomic E-state index is -0.503. The van der Waals surface area contributed by atoms with Crippen molar-refractivity contribution in [2.24, 2.45) is 0 Å². The van der Waals surface area contributed by atoms with Crippen LogP contribution < -0.4 is 10.5 Å². The van der Waals surface area contributed by atoms with E-state index in [1.165, 1.54) is 0 Å². The Kier molecular flexibility index (Phi) is 4.26. The van der Waals surface area contributed by atoms with E-state index in [9.17, 15) is 15.2 Å². The van der Waals surface area contributed by atoms with Gasteiger partial charge in [-0.2, -0.15) is 5.26 Å². The van der Waals surface area contributed by atoms with Gasteiger partial charge in [0, 0.05) is 18.0 Å². The molecule has 0 amide bonds. The first kappa shape index (κ1) is 16.2. The number of aromatic hydroxyl groups is 1. The molecule has 3 rings (SSSR count). The monoisotopic (exact) mass is 395 g/mol. The van der Waals surface area contributed by atoms with Crippen LogP contribution in [0.25, 0.3) is 10.9 Å². The van der Waals surface area contributed by atoms with Gasteiger partial charge in [-0.15, -0.1) is 0 Å². The number of anilines is 1. The molecule has 1 aromatic heterocycles. The summed E-state index contributed by atoms with van der Waals surface area (Å²) >= 11 is 9.39. The number of aromatic nitrogens is 1. The number of piperidine rings is 1. The molecule has 2 heterocycles. The van der Waals surface area contributed by atoms with Crippen LogP contribution in [0.2, 0.25) is 5.02 Å². The number of nitrogens with one attached hydrogen (secondary N) is 1. The number of benzene rings is 1. The zero-order valence-corrected chi connectivity index (χ0v) is 14.8. The summed E-state index contributed by atoms with van der Waals surface area (Å²) in [5.74, 6) is -0.125. The van der Waals surface area contributed by atoms with Crippen LogP contribution in [0.5, 0.6) is 5.75 Å². The lowest BCUT2D eigenvalue weighted by Gasteiger charge is -2.36. The van der Waals surface area contributed by atoms with Gasteiger partial charge in [-0.25, -0.2) is 0 Å². The van der Waals surface area contributed by atoms with Crippen LogP contribution >= 0.6 is 27.5 Å². The quantitative estimate of drug-likeness (QED) is 0.766. The second-order valence-electron chi connectivity index (χ2n) is 5.77. The van der Waals surface area contributed by atoms with E-state index in [0.29, 0.717) is 20.6 Å². The first-order valence-corrected chi connectivity index (χ1v) is 8.56. The number of fused-ring (bicyclic) bond motifs is 1. The summed E-state index contributed by atoms with van der Waals surface area (Å²) in [6, 6.07) is 3.89. The molecule has 1 saturated heterocycles. The summed E-state index contributed by atoms with van der Waals surface area (Å²) in [5.41, 5.74) is 0.405. The van der Waals surface area contributed by atoms with Crippen molar-refractivity contribution < 1.29 is 5.11 Å². The molecule has 7 heteroatoms. The number of aromatic amines is 1. The Balaban J connectivity index is 2.42. The maximum absolute atomic E-state index is 12.3. The topological polar surface area (TPSA) is 80.1 Å². The average molecular weight is 397 g/mol.